The average Bonchev–Trinajstić information content (AvgIpc) is 3.16. The number of ether oxygens (including phenoxy) is 1. The van der Waals surface area contributed by atoms with Crippen LogP contribution in [0.5, 0.6) is 5.75 Å². The van der Waals surface area contributed by atoms with Crippen LogP contribution in [0.15, 0.2) is 24.4 Å². The molecule has 0 saturated carbocycles. The molecule has 2 amide bonds. The molecular formula is C18H21ClN4O3. The zero-order valence-electron chi connectivity index (χ0n) is 15.0. The summed E-state index contributed by atoms with van der Waals surface area (Å²) in [7, 11) is 3.39. The number of rotatable bonds is 5. The van der Waals surface area contributed by atoms with E-state index < -0.39 is 0 Å². The minimum Gasteiger partial charge on any atom is -0.495 e. The normalized spacial score (nSPS) is 16.8. The van der Waals surface area contributed by atoms with Crippen LogP contribution in [0.25, 0.3) is 0 Å². The van der Waals surface area contributed by atoms with Gasteiger partial charge in [0.2, 0.25) is 11.8 Å². The molecule has 0 bridgehead atoms. The summed E-state index contributed by atoms with van der Waals surface area (Å²) < 4.78 is 6.89. The molecule has 2 aromatic rings. The topological polar surface area (TPSA) is 76.5 Å². The Balaban J connectivity index is 1.64. The third-order valence-electron chi connectivity index (χ3n) is 4.73. The van der Waals surface area contributed by atoms with Crippen molar-refractivity contribution >= 4 is 29.1 Å². The smallest absolute Gasteiger partial charge is 0.227 e. The Morgan fingerprint density at radius 1 is 1.46 bits per heavy atom. The molecule has 1 atom stereocenters. The van der Waals surface area contributed by atoms with Gasteiger partial charge in [0.15, 0.2) is 0 Å². The van der Waals surface area contributed by atoms with Gasteiger partial charge in [-0.25, -0.2) is 0 Å². The van der Waals surface area contributed by atoms with Crippen LogP contribution in [0.4, 0.5) is 5.69 Å². The van der Waals surface area contributed by atoms with E-state index in [2.05, 4.69) is 10.4 Å². The van der Waals surface area contributed by atoms with Gasteiger partial charge in [0.05, 0.1) is 24.2 Å². The lowest BCUT2D eigenvalue weighted by Gasteiger charge is -2.17. The highest BCUT2D eigenvalue weighted by atomic mass is 35.5. The van der Waals surface area contributed by atoms with Crippen molar-refractivity contribution in [3.05, 3.63) is 40.7 Å². The largest absolute Gasteiger partial charge is 0.495 e. The molecule has 3 rings (SSSR count). The summed E-state index contributed by atoms with van der Waals surface area (Å²) in [5, 5.41) is 7.49. The Bertz CT molecular complexity index is 849. The summed E-state index contributed by atoms with van der Waals surface area (Å²) in [4.78, 5) is 26.4. The van der Waals surface area contributed by atoms with E-state index in [1.807, 2.05) is 14.0 Å². The van der Waals surface area contributed by atoms with Crippen molar-refractivity contribution in [3.8, 4) is 5.75 Å². The van der Waals surface area contributed by atoms with Gasteiger partial charge in [0, 0.05) is 43.5 Å². The van der Waals surface area contributed by atoms with E-state index in [-0.39, 0.29) is 24.2 Å². The first-order valence-electron chi connectivity index (χ1n) is 8.29. The molecule has 1 aliphatic heterocycles. The molecule has 2 heterocycles. The second kappa shape index (κ2) is 7.37. The molecule has 1 N–H and O–H groups in total. The van der Waals surface area contributed by atoms with Gasteiger partial charge in [0.25, 0.3) is 0 Å². The van der Waals surface area contributed by atoms with E-state index in [1.165, 1.54) is 7.11 Å². The maximum atomic E-state index is 12.5. The molecule has 1 aromatic carbocycles. The van der Waals surface area contributed by atoms with Gasteiger partial charge < -0.3 is 15.0 Å². The van der Waals surface area contributed by atoms with Crippen molar-refractivity contribution in [2.75, 3.05) is 18.6 Å². The van der Waals surface area contributed by atoms with Crippen LogP contribution in [-0.4, -0.2) is 35.2 Å². The fourth-order valence-corrected chi connectivity index (χ4v) is 3.25. The number of hydrogen-bond acceptors (Lipinski definition) is 4. The number of carbonyl (C=O) groups excluding carboxylic acids is 2. The number of nitrogens with zero attached hydrogens (tertiary/aromatic N) is 3. The summed E-state index contributed by atoms with van der Waals surface area (Å²) >= 11 is 6.14. The first-order valence-corrected chi connectivity index (χ1v) is 8.67. The molecule has 8 heteroatoms. The summed E-state index contributed by atoms with van der Waals surface area (Å²) in [6.45, 7) is 2.68. The second-order valence-electron chi connectivity index (χ2n) is 6.32. The zero-order chi connectivity index (χ0) is 18.8. The minimum absolute atomic E-state index is 0.0936. The number of aryl methyl sites for hydroxylation is 1. The Labute approximate surface area is 156 Å². The third kappa shape index (κ3) is 3.53. The molecule has 1 saturated heterocycles. The van der Waals surface area contributed by atoms with E-state index in [0.29, 0.717) is 29.5 Å². The molecule has 1 unspecified atom stereocenters. The van der Waals surface area contributed by atoms with Crippen molar-refractivity contribution < 1.29 is 14.3 Å². The number of hydrogen-bond donors (Lipinski definition) is 1. The molecule has 0 radical (unpaired) electrons. The molecule has 0 aliphatic carbocycles. The fraction of sp³-hybridized carbons (Fsp3) is 0.389. The SMILES string of the molecule is COc1ccc(N2CC(C(=O)NCc3cnn(C)c3C)CC2=O)cc1Cl. The first-order chi connectivity index (χ1) is 12.4. The molecule has 1 aliphatic rings. The lowest BCUT2D eigenvalue weighted by atomic mass is 10.1. The number of anilines is 1. The van der Waals surface area contributed by atoms with Crippen LogP contribution in [0.3, 0.4) is 0 Å². The van der Waals surface area contributed by atoms with Crippen LogP contribution < -0.4 is 15.0 Å². The van der Waals surface area contributed by atoms with Gasteiger partial charge in [-0.05, 0) is 25.1 Å². The second-order valence-corrected chi connectivity index (χ2v) is 6.73. The van der Waals surface area contributed by atoms with Crippen LogP contribution in [-0.2, 0) is 23.2 Å². The van der Waals surface area contributed by atoms with E-state index in [9.17, 15) is 9.59 Å². The minimum atomic E-state index is -0.389. The van der Waals surface area contributed by atoms with Crippen LogP contribution in [0.1, 0.15) is 17.7 Å². The highest BCUT2D eigenvalue weighted by Crippen LogP contribution is 2.32. The quantitative estimate of drug-likeness (QED) is 0.866. The Morgan fingerprint density at radius 3 is 2.85 bits per heavy atom. The van der Waals surface area contributed by atoms with Crippen molar-refractivity contribution in [3.63, 3.8) is 0 Å². The lowest BCUT2D eigenvalue weighted by Crippen LogP contribution is -2.32. The zero-order valence-corrected chi connectivity index (χ0v) is 15.7. The highest BCUT2D eigenvalue weighted by molar-refractivity contribution is 6.32. The number of nitrogens with one attached hydrogen (secondary N) is 1. The molecule has 26 heavy (non-hydrogen) atoms. The van der Waals surface area contributed by atoms with Gasteiger partial charge in [-0.3, -0.25) is 14.3 Å². The molecule has 1 aromatic heterocycles. The molecule has 138 valence electrons. The van der Waals surface area contributed by atoms with Gasteiger partial charge in [-0.2, -0.15) is 5.10 Å². The maximum absolute atomic E-state index is 12.5. The van der Waals surface area contributed by atoms with Crippen LogP contribution in [0.2, 0.25) is 5.02 Å². The number of benzene rings is 1. The molecule has 1 fully saturated rings. The predicted molar refractivity (Wildman–Crippen MR) is 98.3 cm³/mol. The van der Waals surface area contributed by atoms with Crippen LogP contribution >= 0.6 is 11.6 Å². The average molecular weight is 377 g/mol. The summed E-state index contributed by atoms with van der Waals surface area (Å²) in [5.41, 5.74) is 2.63. The van der Waals surface area contributed by atoms with E-state index in [0.717, 1.165) is 11.3 Å². The first kappa shape index (κ1) is 18.3. The Morgan fingerprint density at radius 2 is 2.23 bits per heavy atom. The van der Waals surface area contributed by atoms with Crippen molar-refractivity contribution in [2.24, 2.45) is 13.0 Å². The standard InChI is InChI=1S/C18H21ClN4O3/c1-11-13(9-21-22(11)2)8-20-18(25)12-6-17(24)23(10-12)14-4-5-16(26-3)15(19)7-14/h4-5,7,9,12H,6,8,10H2,1-3H3,(H,20,25). The predicted octanol–water partition coefficient (Wildman–Crippen LogP) is 2.06. The number of methoxy groups -OCH3 is 1. The molecule has 7 nitrogen and oxygen atoms in total. The maximum Gasteiger partial charge on any atom is 0.227 e. The van der Waals surface area contributed by atoms with Gasteiger partial charge in [-0.1, -0.05) is 11.6 Å². The number of carbonyl (C=O) groups is 2. The van der Waals surface area contributed by atoms with Gasteiger partial charge in [0.1, 0.15) is 5.75 Å². The van der Waals surface area contributed by atoms with E-state index in [4.69, 9.17) is 16.3 Å². The van der Waals surface area contributed by atoms with E-state index >= 15 is 0 Å². The number of aromatic nitrogens is 2. The van der Waals surface area contributed by atoms with Crippen molar-refractivity contribution in [1.29, 1.82) is 0 Å². The van der Waals surface area contributed by atoms with Crippen LogP contribution in [0, 0.1) is 12.8 Å². The highest BCUT2D eigenvalue weighted by Gasteiger charge is 2.35. The van der Waals surface area contributed by atoms with Gasteiger partial charge >= 0.3 is 0 Å². The van der Waals surface area contributed by atoms with Crippen molar-refractivity contribution in [1.82, 2.24) is 15.1 Å². The third-order valence-corrected chi connectivity index (χ3v) is 5.03. The molecular weight excluding hydrogens is 356 g/mol. The monoisotopic (exact) mass is 376 g/mol. The van der Waals surface area contributed by atoms with Crippen molar-refractivity contribution in [2.45, 2.75) is 19.9 Å². The van der Waals surface area contributed by atoms with E-state index in [1.54, 1.807) is 34.0 Å². The summed E-state index contributed by atoms with van der Waals surface area (Å²) in [6.07, 6.45) is 1.92. The molecule has 0 spiro atoms. The lowest BCUT2D eigenvalue weighted by molar-refractivity contribution is -0.126. The summed E-state index contributed by atoms with van der Waals surface area (Å²) in [6, 6.07) is 5.16. The fourth-order valence-electron chi connectivity index (χ4n) is 3.00. The Hall–Kier alpha value is -2.54. The number of amides is 2. The summed E-state index contributed by atoms with van der Waals surface area (Å²) in [5.74, 6) is -0.0730. The Kier molecular flexibility index (Phi) is 5.18. The number of halogens is 1. The van der Waals surface area contributed by atoms with Gasteiger partial charge in [-0.15, -0.1) is 0 Å².